The minimum atomic E-state index is -0.795. The zero-order valence-electron chi connectivity index (χ0n) is 7.83. The van der Waals surface area contributed by atoms with Crippen molar-refractivity contribution in [2.24, 2.45) is 0 Å². The molecule has 0 aliphatic carbocycles. The first-order chi connectivity index (χ1) is 6.71. The molecule has 1 aromatic rings. The monoisotopic (exact) mass is 212 g/mol. The molecular formula is C10H13ClN2O. The van der Waals surface area contributed by atoms with E-state index in [4.69, 9.17) is 11.6 Å². The van der Waals surface area contributed by atoms with E-state index in [0.29, 0.717) is 11.6 Å². The Balaban J connectivity index is 2.28. The topological polar surface area (TPSA) is 45.2 Å². The highest BCUT2D eigenvalue weighted by Gasteiger charge is 2.31. The van der Waals surface area contributed by atoms with E-state index in [9.17, 15) is 5.11 Å². The number of β-amino-alcohol motifs (C(OH)–C–C–N with tert-alkyl or cyclic N) is 1. The molecule has 2 N–H and O–H groups in total. The summed E-state index contributed by atoms with van der Waals surface area (Å²) >= 11 is 5.83. The van der Waals surface area contributed by atoms with Crippen LogP contribution in [-0.4, -0.2) is 23.2 Å². The Hall–Kier alpha value is -0.640. The Bertz CT molecular complexity index is 324. The van der Waals surface area contributed by atoms with Crippen LogP contribution in [0.4, 0.5) is 0 Å². The van der Waals surface area contributed by atoms with Crippen LogP contribution < -0.4 is 5.32 Å². The molecule has 0 bridgehead atoms. The van der Waals surface area contributed by atoms with Gasteiger partial charge in [-0.2, -0.15) is 0 Å². The fraction of sp³-hybridized carbons (Fsp3) is 0.500. The third-order valence-corrected chi connectivity index (χ3v) is 2.81. The van der Waals surface area contributed by atoms with Gasteiger partial charge in [0, 0.05) is 24.5 Å². The van der Waals surface area contributed by atoms with E-state index >= 15 is 0 Å². The Kier molecular flexibility index (Phi) is 2.72. The van der Waals surface area contributed by atoms with Gasteiger partial charge in [-0.1, -0.05) is 11.6 Å². The van der Waals surface area contributed by atoms with Gasteiger partial charge in [-0.05, 0) is 25.5 Å². The normalized spacial score (nSPS) is 27.6. The highest BCUT2D eigenvalue weighted by molar-refractivity contribution is 6.30. The lowest BCUT2D eigenvalue weighted by Crippen LogP contribution is -2.43. The molecule has 1 saturated heterocycles. The van der Waals surface area contributed by atoms with Crippen molar-refractivity contribution in [3.8, 4) is 0 Å². The second kappa shape index (κ2) is 3.85. The SMILES string of the molecule is OC1(c2cncc(Cl)c2)CCCNC1. The highest BCUT2D eigenvalue weighted by Crippen LogP contribution is 2.28. The standard InChI is InChI=1S/C10H13ClN2O/c11-9-4-8(5-13-6-9)10(14)2-1-3-12-7-10/h4-6,12,14H,1-3,7H2. The van der Waals surface area contributed by atoms with Crippen molar-refractivity contribution in [2.75, 3.05) is 13.1 Å². The molecule has 0 saturated carbocycles. The largest absolute Gasteiger partial charge is 0.384 e. The summed E-state index contributed by atoms with van der Waals surface area (Å²) in [5.41, 5.74) is 0.00748. The van der Waals surface area contributed by atoms with Crippen molar-refractivity contribution in [3.63, 3.8) is 0 Å². The number of hydrogen-bond acceptors (Lipinski definition) is 3. The summed E-state index contributed by atoms with van der Waals surface area (Å²) < 4.78 is 0. The molecule has 2 heterocycles. The van der Waals surface area contributed by atoms with Crippen LogP contribution in [0.1, 0.15) is 18.4 Å². The maximum Gasteiger partial charge on any atom is 0.104 e. The fourth-order valence-corrected chi connectivity index (χ4v) is 1.98. The lowest BCUT2D eigenvalue weighted by Gasteiger charge is -2.32. The third-order valence-electron chi connectivity index (χ3n) is 2.60. The molecule has 0 aromatic carbocycles. The molecule has 3 nitrogen and oxygen atoms in total. The van der Waals surface area contributed by atoms with E-state index in [0.717, 1.165) is 24.9 Å². The van der Waals surface area contributed by atoms with Crippen LogP contribution in [0, 0.1) is 0 Å². The maximum atomic E-state index is 10.3. The molecule has 1 atom stereocenters. The van der Waals surface area contributed by atoms with Crippen molar-refractivity contribution in [1.29, 1.82) is 0 Å². The van der Waals surface area contributed by atoms with Crippen LogP contribution >= 0.6 is 11.6 Å². The zero-order valence-corrected chi connectivity index (χ0v) is 8.59. The van der Waals surface area contributed by atoms with Crippen molar-refractivity contribution in [1.82, 2.24) is 10.3 Å². The van der Waals surface area contributed by atoms with Gasteiger partial charge in [-0.25, -0.2) is 0 Å². The predicted octanol–water partition coefficient (Wildman–Crippen LogP) is 1.31. The Morgan fingerprint density at radius 2 is 2.36 bits per heavy atom. The molecule has 0 spiro atoms. The van der Waals surface area contributed by atoms with E-state index < -0.39 is 5.60 Å². The van der Waals surface area contributed by atoms with Gasteiger partial charge in [0.15, 0.2) is 0 Å². The lowest BCUT2D eigenvalue weighted by molar-refractivity contribution is 0.0120. The van der Waals surface area contributed by atoms with Gasteiger partial charge in [-0.3, -0.25) is 4.98 Å². The van der Waals surface area contributed by atoms with Crippen LogP contribution in [0.15, 0.2) is 18.5 Å². The predicted molar refractivity (Wildman–Crippen MR) is 55.2 cm³/mol. The van der Waals surface area contributed by atoms with Crippen LogP contribution in [0.2, 0.25) is 5.02 Å². The van der Waals surface area contributed by atoms with Crippen molar-refractivity contribution < 1.29 is 5.11 Å². The smallest absolute Gasteiger partial charge is 0.104 e. The Morgan fingerprint density at radius 1 is 1.50 bits per heavy atom. The van der Waals surface area contributed by atoms with Crippen LogP contribution in [0.3, 0.4) is 0 Å². The molecule has 0 amide bonds. The number of pyridine rings is 1. The third kappa shape index (κ3) is 1.90. The van der Waals surface area contributed by atoms with Gasteiger partial charge < -0.3 is 10.4 Å². The first-order valence-electron chi connectivity index (χ1n) is 4.75. The van der Waals surface area contributed by atoms with E-state index in [1.165, 1.54) is 0 Å². The van der Waals surface area contributed by atoms with Crippen LogP contribution in [-0.2, 0) is 5.60 Å². The fourth-order valence-electron chi connectivity index (χ4n) is 1.80. The van der Waals surface area contributed by atoms with Gasteiger partial charge in [0.2, 0.25) is 0 Å². The summed E-state index contributed by atoms with van der Waals surface area (Å²) in [5, 5.41) is 14.0. The van der Waals surface area contributed by atoms with E-state index in [2.05, 4.69) is 10.3 Å². The number of aliphatic hydroxyl groups is 1. The zero-order chi connectivity index (χ0) is 10.0. The highest BCUT2D eigenvalue weighted by atomic mass is 35.5. The summed E-state index contributed by atoms with van der Waals surface area (Å²) in [5.74, 6) is 0. The molecule has 1 aromatic heterocycles. The first-order valence-corrected chi connectivity index (χ1v) is 5.13. The molecule has 1 fully saturated rings. The average molecular weight is 213 g/mol. The summed E-state index contributed by atoms with van der Waals surface area (Å²) in [6.07, 6.45) is 4.99. The van der Waals surface area contributed by atoms with Crippen LogP contribution in [0.25, 0.3) is 0 Å². The molecule has 2 rings (SSSR count). The molecule has 1 unspecified atom stereocenters. The van der Waals surface area contributed by atoms with Gasteiger partial charge in [-0.15, -0.1) is 0 Å². The van der Waals surface area contributed by atoms with Crippen molar-refractivity contribution >= 4 is 11.6 Å². The molecular weight excluding hydrogens is 200 g/mol. The van der Waals surface area contributed by atoms with Crippen molar-refractivity contribution in [3.05, 3.63) is 29.0 Å². The van der Waals surface area contributed by atoms with E-state index in [1.807, 2.05) is 0 Å². The summed E-state index contributed by atoms with van der Waals surface area (Å²) in [4.78, 5) is 3.98. The minimum Gasteiger partial charge on any atom is -0.384 e. The number of hydrogen-bond donors (Lipinski definition) is 2. The maximum absolute atomic E-state index is 10.3. The molecule has 14 heavy (non-hydrogen) atoms. The average Bonchev–Trinajstić information content (AvgIpc) is 2.19. The number of nitrogens with zero attached hydrogens (tertiary/aromatic N) is 1. The van der Waals surface area contributed by atoms with E-state index in [1.54, 1.807) is 18.5 Å². The van der Waals surface area contributed by atoms with Gasteiger partial charge >= 0.3 is 0 Å². The summed E-state index contributed by atoms with van der Waals surface area (Å²) in [6, 6.07) is 1.78. The second-order valence-corrected chi connectivity index (χ2v) is 4.14. The minimum absolute atomic E-state index is 0.571. The number of rotatable bonds is 1. The Labute approximate surface area is 88.1 Å². The molecule has 76 valence electrons. The summed E-state index contributed by atoms with van der Waals surface area (Å²) in [6.45, 7) is 1.55. The number of nitrogens with one attached hydrogen (secondary N) is 1. The Morgan fingerprint density at radius 3 is 3.00 bits per heavy atom. The van der Waals surface area contributed by atoms with Gasteiger partial charge in [0.25, 0.3) is 0 Å². The number of aromatic nitrogens is 1. The van der Waals surface area contributed by atoms with Gasteiger partial charge in [0.05, 0.1) is 5.02 Å². The second-order valence-electron chi connectivity index (χ2n) is 3.70. The molecule has 0 radical (unpaired) electrons. The first kappa shape index (κ1) is 9.90. The number of halogens is 1. The summed E-state index contributed by atoms with van der Waals surface area (Å²) in [7, 11) is 0. The van der Waals surface area contributed by atoms with E-state index in [-0.39, 0.29) is 0 Å². The molecule has 4 heteroatoms. The van der Waals surface area contributed by atoms with Crippen molar-refractivity contribution in [2.45, 2.75) is 18.4 Å². The molecule has 1 aliphatic heterocycles. The van der Waals surface area contributed by atoms with Gasteiger partial charge in [0.1, 0.15) is 5.60 Å². The number of piperidine rings is 1. The lowest BCUT2D eigenvalue weighted by atomic mass is 9.88. The quantitative estimate of drug-likeness (QED) is 0.738. The molecule has 1 aliphatic rings. The van der Waals surface area contributed by atoms with Crippen LogP contribution in [0.5, 0.6) is 0 Å².